The maximum absolute atomic E-state index is 13.1. The lowest BCUT2D eigenvalue weighted by atomic mass is 9.79. The van der Waals surface area contributed by atoms with Crippen LogP contribution in [-0.4, -0.2) is 47.8 Å². The molecule has 2 saturated carbocycles. The van der Waals surface area contributed by atoms with E-state index in [1.54, 1.807) is 12.1 Å². The van der Waals surface area contributed by atoms with Gasteiger partial charge >= 0.3 is 0 Å². The zero-order chi connectivity index (χ0) is 19.4. The van der Waals surface area contributed by atoms with Crippen molar-refractivity contribution >= 4 is 11.8 Å². The van der Waals surface area contributed by atoms with E-state index in [0.29, 0.717) is 23.4 Å². The van der Waals surface area contributed by atoms with E-state index < -0.39 is 0 Å². The molecule has 0 aromatic heterocycles. The number of halogens is 1. The lowest BCUT2D eigenvalue weighted by molar-refractivity contribution is -0.136. The summed E-state index contributed by atoms with van der Waals surface area (Å²) in [6.07, 6.45) is 9.30. The first kappa shape index (κ1) is 18.1. The number of carbonyl (C=O) groups excluding carboxylic acids is 2. The van der Waals surface area contributed by atoms with Crippen LogP contribution in [0.4, 0.5) is 4.39 Å². The number of rotatable bonds is 2. The molecule has 0 radical (unpaired) electrons. The van der Waals surface area contributed by atoms with E-state index >= 15 is 0 Å². The monoisotopic (exact) mass is 384 g/mol. The highest BCUT2D eigenvalue weighted by Gasteiger charge is 2.49. The SMILES string of the molecule is O=C(c1ccc(F)cc1)N1CCC2(CCN(C(=O)C3CCC4(CC3)CC4)C2)C1. The van der Waals surface area contributed by atoms with Crippen molar-refractivity contribution in [1.82, 2.24) is 9.80 Å². The average Bonchev–Trinajstić information content (AvgIpc) is 3.16. The minimum atomic E-state index is -0.324. The summed E-state index contributed by atoms with van der Waals surface area (Å²) >= 11 is 0. The Labute approximate surface area is 166 Å². The van der Waals surface area contributed by atoms with Crippen molar-refractivity contribution in [3.8, 4) is 0 Å². The standard InChI is InChI=1S/C23H29FN2O2/c24-19-3-1-17(2-4-19)20(27)25-13-11-23(15-25)12-14-26(16-23)21(28)18-5-7-22(8-6-18)9-10-22/h1-4,18H,5-16H2. The van der Waals surface area contributed by atoms with Gasteiger partial charge in [-0.05, 0) is 81.0 Å². The number of benzene rings is 1. The van der Waals surface area contributed by atoms with Crippen molar-refractivity contribution in [2.24, 2.45) is 16.7 Å². The summed E-state index contributed by atoms with van der Waals surface area (Å²) < 4.78 is 13.1. The third-order valence-corrected chi connectivity index (χ3v) is 7.92. The van der Waals surface area contributed by atoms with Crippen molar-refractivity contribution in [3.05, 3.63) is 35.6 Å². The van der Waals surface area contributed by atoms with Gasteiger partial charge in [0.2, 0.25) is 5.91 Å². The summed E-state index contributed by atoms with van der Waals surface area (Å²) in [5, 5.41) is 0. The number of hydrogen-bond donors (Lipinski definition) is 0. The molecule has 2 saturated heterocycles. The Kier molecular flexibility index (Phi) is 4.25. The van der Waals surface area contributed by atoms with Crippen LogP contribution in [0.15, 0.2) is 24.3 Å². The summed E-state index contributed by atoms with van der Waals surface area (Å²) in [7, 11) is 0. The van der Waals surface area contributed by atoms with Crippen LogP contribution in [0.2, 0.25) is 0 Å². The molecule has 4 aliphatic rings. The minimum Gasteiger partial charge on any atom is -0.342 e. The summed E-state index contributed by atoms with van der Waals surface area (Å²) in [4.78, 5) is 29.8. The first-order chi connectivity index (χ1) is 13.5. The number of hydrogen-bond acceptors (Lipinski definition) is 2. The predicted octanol–water partition coefficient (Wildman–Crippen LogP) is 3.86. The second kappa shape index (κ2) is 6.57. The van der Waals surface area contributed by atoms with Crippen LogP contribution in [-0.2, 0) is 4.79 Å². The lowest BCUT2D eigenvalue weighted by Crippen LogP contribution is -2.39. The van der Waals surface area contributed by atoms with Crippen molar-refractivity contribution in [2.45, 2.75) is 51.4 Å². The molecule has 5 rings (SSSR count). The highest BCUT2D eigenvalue weighted by Crippen LogP contribution is 2.57. The van der Waals surface area contributed by atoms with Crippen LogP contribution in [0, 0.1) is 22.6 Å². The molecule has 2 spiro atoms. The lowest BCUT2D eigenvalue weighted by Gasteiger charge is -2.31. The molecule has 2 aliphatic heterocycles. The van der Waals surface area contributed by atoms with E-state index in [4.69, 9.17) is 0 Å². The molecule has 2 aliphatic carbocycles. The summed E-state index contributed by atoms with van der Waals surface area (Å²) in [5.41, 5.74) is 1.22. The Balaban J connectivity index is 1.19. The van der Waals surface area contributed by atoms with Crippen molar-refractivity contribution in [3.63, 3.8) is 0 Å². The van der Waals surface area contributed by atoms with E-state index in [2.05, 4.69) is 4.90 Å². The number of carbonyl (C=O) groups is 2. The second-order valence-corrected chi connectivity index (χ2v) is 9.77. The van der Waals surface area contributed by atoms with Crippen LogP contribution in [0.1, 0.15) is 61.7 Å². The number of nitrogens with zero attached hydrogens (tertiary/aromatic N) is 2. The normalized spacial score (nSPS) is 29.0. The Morgan fingerprint density at radius 3 is 2.07 bits per heavy atom. The Morgan fingerprint density at radius 2 is 1.43 bits per heavy atom. The molecular weight excluding hydrogens is 355 g/mol. The molecule has 150 valence electrons. The quantitative estimate of drug-likeness (QED) is 0.777. The molecule has 1 aromatic carbocycles. The Bertz CT molecular complexity index is 778. The molecule has 4 nitrogen and oxygen atoms in total. The summed E-state index contributed by atoms with van der Waals surface area (Å²) in [5.74, 6) is 0.230. The van der Waals surface area contributed by atoms with Crippen LogP contribution in [0.3, 0.4) is 0 Å². The third kappa shape index (κ3) is 3.23. The second-order valence-electron chi connectivity index (χ2n) is 9.77. The van der Waals surface area contributed by atoms with E-state index in [1.165, 1.54) is 37.8 Å². The van der Waals surface area contributed by atoms with Gasteiger partial charge in [-0.2, -0.15) is 0 Å². The van der Waals surface area contributed by atoms with Gasteiger partial charge in [0.1, 0.15) is 5.82 Å². The smallest absolute Gasteiger partial charge is 0.253 e. The zero-order valence-corrected chi connectivity index (χ0v) is 16.5. The van der Waals surface area contributed by atoms with Crippen LogP contribution >= 0.6 is 0 Å². The highest BCUT2D eigenvalue weighted by molar-refractivity contribution is 5.94. The van der Waals surface area contributed by atoms with Gasteiger partial charge < -0.3 is 9.80 Å². The fourth-order valence-electron chi connectivity index (χ4n) is 5.75. The van der Waals surface area contributed by atoms with Crippen LogP contribution < -0.4 is 0 Å². The van der Waals surface area contributed by atoms with Gasteiger partial charge in [0.05, 0.1) is 0 Å². The molecule has 0 N–H and O–H groups in total. The molecular formula is C23H29FN2O2. The van der Waals surface area contributed by atoms with Gasteiger partial charge in [0.25, 0.3) is 5.91 Å². The van der Waals surface area contributed by atoms with Gasteiger partial charge in [0.15, 0.2) is 0 Å². The molecule has 28 heavy (non-hydrogen) atoms. The summed E-state index contributed by atoms with van der Waals surface area (Å²) in [6, 6.07) is 5.79. The molecule has 1 aromatic rings. The van der Waals surface area contributed by atoms with Crippen molar-refractivity contribution in [1.29, 1.82) is 0 Å². The molecule has 0 bridgehead atoms. The molecule has 2 heterocycles. The molecule has 4 fully saturated rings. The first-order valence-corrected chi connectivity index (χ1v) is 10.8. The van der Waals surface area contributed by atoms with Gasteiger partial charge in [-0.1, -0.05) is 0 Å². The molecule has 5 heteroatoms. The number of likely N-dealkylation sites (tertiary alicyclic amines) is 2. The number of amides is 2. The Hall–Kier alpha value is -1.91. The minimum absolute atomic E-state index is 0.0244. The topological polar surface area (TPSA) is 40.6 Å². The van der Waals surface area contributed by atoms with Gasteiger partial charge in [0, 0.05) is 43.1 Å². The molecule has 1 atom stereocenters. The van der Waals surface area contributed by atoms with Crippen molar-refractivity contribution < 1.29 is 14.0 Å². The van der Waals surface area contributed by atoms with Gasteiger partial charge in [-0.15, -0.1) is 0 Å². The van der Waals surface area contributed by atoms with E-state index in [1.807, 2.05) is 4.90 Å². The van der Waals surface area contributed by atoms with E-state index in [9.17, 15) is 14.0 Å². The van der Waals surface area contributed by atoms with Crippen LogP contribution in [0.5, 0.6) is 0 Å². The fourth-order valence-corrected chi connectivity index (χ4v) is 5.75. The first-order valence-electron chi connectivity index (χ1n) is 10.8. The van der Waals surface area contributed by atoms with E-state index in [0.717, 1.165) is 45.3 Å². The van der Waals surface area contributed by atoms with E-state index in [-0.39, 0.29) is 23.1 Å². The van der Waals surface area contributed by atoms with Crippen LogP contribution in [0.25, 0.3) is 0 Å². The molecule has 1 unspecified atom stereocenters. The highest BCUT2D eigenvalue weighted by atomic mass is 19.1. The third-order valence-electron chi connectivity index (χ3n) is 7.92. The Morgan fingerprint density at radius 1 is 0.821 bits per heavy atom. The maximum atomic E-state index is 13.1. The fraction of sp³-hybridized carbons (Fsp3) is 0.652. The van der Waals surface area contributed by atoms with Gasteiger partial charge in [-0.25, -0.2) is 4.39 Å². The average molecular weight is 384 g/mol. The molecule has 2 amide bonds. The summed E-state index contributed by atoms with van der Waals surface area (Å²) in [6.45, 7) is 3.06. The van der Waals surface area contributed by atoms with Gasteiger partial charge in [-0.3, -0.25) is 9.59 Å². The predicted molar refractivity (Wildman–Crippen MR) is 104 cm³/mol. The zero-order valence-electron chi connectivity index (χ0n) is 16.5. The van der Waals surface area contributed by atoms with Crippen molar-refractivity contribution in [2.75, 3.05) is 26.2 Å². The largest absolute Gasteiger partial charge is 0.342 e. The maximum Gasteiger partial charge on any atom is 0.253 e.